The predicted octanol–water partition coefficient (Wildman–Crippen LogP) is 2.92. The van der Waals surface area contributed by atoms with E-state index < -0.39 is 0 Å². The Labute approximate surface area is 170 Å². The first-order chi connectivity index (χ1) is 11.8. The number of nitrogens with one attached hydrogen (secondary N) is 2. The average Bonchev–Trinajstić information content (AvgIpc) is 2.62. The van der Waals surface area contributed by atoms with Gasteiger partial charge in [-0.3, -0.25) is 9.98 Å². The zero-order valence-corrected chi connectivity index (χ0v) is 18.0. The lowest BCUT2D eigenvalue weighted by Gasteiger charge is -2.31. The van der Waals surface area contributed by atoms with Crippen LogP contribution in [0, 0.1) is 5.92 Å². The highest BCUT2D eigenvalue weighted by Crippen LogP contribution is 2.17. The van der Waals surface area contributed by atoms with Crippen LogP contribution in [-0.2, 0) is 6.42 Å². The van der Waals surface area contributed by atoms with Gasteiger partial charge in [0.15, 0.2) is 5.96 Å². The Hall–Kier alpha value is -0.890. The highest BCUT2D eigenvalue weighted by molar-refractivity contribution is 14.0. The first-order valence-electron chi connectivity index (χ1n) is 9.46. The van der Waals surface area contributed by atoms with Gasteiger partial charge in [-0.25, -0.2) is 0 Å². The number of pyridine rings is 1. The Balaban J connectivity index is 0.00000312. The molecule has 0 unspecified atom stereocenters. The van der Waals surface area contributed by atoms with Crippen LogP contribution in [0.5, 0.6) is 0 Å². The number of halogens is 1. The zero-order chi connectivity index (χ0) is 17.0. The van der Waals surface area contributed by atoms with Crippen molar-refractivity contribution in [1.29, 1.82) is 0 Å². The van der Waals surface area contributed by atoms with Crippen molar-refractivity contribution in [1.82, 2.24) is 20.5 Å². The van der Waals surface area contributed by atoms with Crippen LogP contribution in [0.2, 0.25) is 0 Å². The van der Waals surface area contributed by atoms with Crippen LogP contribution in [0.4, 0.5) is 0 Å². The van der Waals surface area contributed by atoms with Crippen LogP contribution in [-0.4, -0.2) is 55.1 Å². The van der Waals surface area contributed by atoms with Crippen molar-refractivity contribution in [2.45, 2.75) is 39.5 Å². The van der Waals surface area contributed by atoms with Crippen LogP contribution < -0.4 is 10.6 Å². The number of guanidine groups is 1. The second-order valence-electron chi connectivity index (χ2n) is 6.50. The minimum absolute atomic E-state index is 0. The van der Waals surface area contributed by atoms with Crippen molar-refractivity contribution >= 4 is 29.9 Å². The summed E-state index contributed by atoms with van der Waals surface area (Å²) in [5, 5.41) is 6.77. The van der Waals surface area contributed by atoms with Crippen LogP contribution in [0.15, 0.2) is 29.4 Å². The fourth-order valence-electron chi connectivity index (χ4n) is 3.13. The molecule has 25 heavy (non-hydrogen) atoms. The molecule has 142 valence electrons. The van der Waals surface area contributed by atoms with E-state index >= 15 is 0 Å². The summed E-state index contributed by atoms with van der Waals surface area (Å²) in [4.78, 5) is 11.7. The molecule has 0 saturated carbocycles. The summed E-state index contributed by atoms with van der Waals surface area (Å²) in [5.41, 5.74) is 1.11. The fraction of sp³-hybridized carbons (Fsp3) is 0.684. The number of rotatable bonds is 8. The molecule has 2 heterocycles. The van der Waals surface area contributed by atoms with Gasteiger partial charge in [-0.15, -0.1) is 24.0 Å². The van der Waals surface area contributed by atoms with E-state index in [0.29, 0.717) is 0 Å². The lowest BCUT2D eigenvalue weighted by Crippen LogP contribution is -2.39. The molecule has 0 spiro atoms. The normalized spacial score (nSPS) is 16.3. The Morgan fingerprint density at radius 2 is 2.04 bits per heavy atom. The predicted molar refractivity (Wildman–Crippen MR) is 117 cm³/mol. The molecule has 6 heteroatoms. The molecule has 1 aromatic rings. The third-order valence-corrected chi connectivity index (χ3v) is 4.50. The van der Waals surface area contributed by atoms with Gasteiger partial charge in [-0.1, -0.05) is 13.0 Å². The minimum Gasteiger partial charge on any atom is -0.357 e. The topological polar surface area (TPSA) is 52.5 Å². The molecule has 5 nitrogen and oxygen atoms in total. The van der Waals surface area contributed by atoms with E-state index in [9.17, 15) is 0 Å². The van der Waals surface area contributed by atoms with Gasteiger partial charge >= 0.3 is 0 Å². The van der Waals surface area contributed by atoms with Crippen molar-refractivity contribution in [2.24, 2.45) is 10.9 Å². The lowest BCUT2D eigenvalue weighted by molar-refractivity contribution is 0.188. The third kappa shape index (κ3) is 8.85. The number of nitrogens with zero attached hydrogens (tertiary/aromatic N) is 3. The van der Waals surface area contributed by atoms with E-state index in [1.54, 1.807) is 0 Å². The maximum Gasteiger partial charge on any atom is 0.191 e. The molecule has 0 amide bonds. The van der Waals surface area contributed by atoms with E-state index in [2.05, 4.69) is 40.4 Å². The monoisotopic (exact) mass is 459 g/mol. The summed E-state index contributed by atoms with van der Waals surface area (Å²) in [6.45, 7) is 10.8. The fourth-order valence-corrected chi connectivity index (χ4v) is 3.13. The maximum atomic E-state index is 4.79. The Bertz CT molecular complexity index is 472. The van der Waals surface area contributed by atoms with E-state index in [1.165, 1.54) is 38.9 Å². The summed E-state index contributed by atoms with van der Waals surface area (Å²) in [5.74, 6) is 1.66. The van der Waals surface area contributed by atoms with Gasteiger partial charge in [-0.05, 0) is 63.9 Å². The molecule has 2 rings (SSSR count). The van der Waals surface area contributed by atoms with Crippen LogP contribution >= 0.6 is 24.0 Å². The third-order valence-electron chi connectivity index (χ3n) is 4.50. The molecule has 1 aromatic heterocycles. The number of piperidine rings is 1. The van der Waals surface area contributed by atoms with Gasteiger partial charge in [0.25, 0.3) is 0 Å². The number of hydrogen-bond acceptors (Lipinski definition) is 3. The van der Waals surface area contributed by atoms with Crippen molar-refractivity contribution in [2.75, 3.05) is 39.3 Å². The SMILES string of the molecule is CCCN1CCC(CN=C(NCC)NCCc2ccccn2)CC1.I. The highest BCUT2D eigenvalue weighted by Gasteiger charge is 2.18. The summed E-state index contributed by atoms with van der Waals surface area (Å²) in [6.07, 6.45) is 6.57. The van der Waals surface area contributed by atoms with Gasteiger partial charge in [0.1, 0.15) is 0 Å². The highest BCUT2D eigenvalue weighted by atomic mass is 127. The first-order valence-corrected chi connectivity index (χ1v) is 9.46. The molecule has 1 saturated heterocycles. The van der Waals surface area contributed by atoms with Crippen LogP contribution in [0.25, 0.3) is 0 Å². The standard InChI is InChI=1S/C19H33N5.HI/c1-3-13-24-14-9-17(10-15-24)16-23-19(20-4-2)22-12-8-18-7-5-6-11-21-18;/h5-7,11,17H,3-4,8-10,12-16H2,1-2H3,(H2,20,22,23);1H. The molecule has 0 bridgehead atoms. The Morgan fingerprint density at radius 1 is 1.24 bits per heavy atom. The van der Waals surface area contributed by atoms with Crippen molar-refractivity contribution < 1.29 is 0 Å². The van der Waals surface area contributed by atoms with Gasteiger partial charge in [0.05, 0.1) is 0 Å². The van der Waals surface area contributed by atoms with Gasteiger partial charge in [-0.2, -0.15) is 0 Å². The smallest absolute Gasteiger partial charge is 0.191 e. The Kier molecular flexibility index (Phi) is 11.8. The van der Waals surface area contributed by atoms with Gasteiger partial charge in [0, 0.05) is 37.9 Å². The molecular weight excluding hydrogens is 425 g/mol. The maximum absolute atomic E-state index is 4.79. The second kappa shape index (κ2) is 13.3. The number of likely N-dealkylation sites (tertiary alicyclic amines) is 1. The summed E-state index contributed by atoms with van der Waals surface area (Å²) in [7, 11) is 0. The summed E-state index contributed by atoms with van der Waals surface area (Å²) >= 11 is 0. The summed E-state index contributed by atoms with van der Waals surface area (Å²) in [6, 6.07) is 6.05. The van der Waals surface area contributed by atoms with Crippen molar-refractivity contribution in [3.05, 3.63) is 30.1 Å². The van der Waals surface area contributed by atoms with E-state index in [-0.39, 0.29) is 24.0 Å². The molecule has 1 aliphatic heterocycles. The quantitative estimate of drug-likeness (QED) is 0.357. The van der Waals surface area contributed by atoms with E-state index in [0.717, 1.165) is 43.6 Å². The molecule has 2 N–H and O–H groups in total. The first kappa shape index (κ1) is 22.2. The molecular formula is C19H34IN5. The molecule has 0 aromatic carbocycles. The number of hydrogen-bond donors (Lipinski definition) is 2. The van der Waals surface area contributed by atoms with Gasteiger partial charge in [0.2, 0.25) is 0 Å². The van der Waals surface area contributed by atoms with E-state index in [1.807, 2.05) is 18.3 Å². The largest absolute Gasteiger partial charge is 0.357 e. The molecule has 0 atom stereocenters. The molecule has 1 aliphatic rings. The number of aromatic nitrogens is 1. The van der Waals surface area contributed by atoms with Crippen LogP contribution in [0.3, 0.4) is 0 Å². The summed E-state index contributed by atoms with van der Waals surface area (Å²) < 4.78 is 0. The Morgan fingerprint density at radius 3 is 2.68 bits per heavy atom. The second-order valence-corrected chi connectivity index (χ2v) is 6.50. The molecule has 0 aliphatic carbocycles. The average molecular weight is 459 g/mol. The lowest BCUT2D eigenvalue weighted by atomic mass is 9.97. The minimum atomic E-state index is 0. The zero-order valence-electron chi connectivity index (χ0n) is 15.7. The van der Waals surface area contributed by atoms with Crippen LogP contribution in [0.1, 0.15) is 38.8 Å². The van der Waals surface area contributed by atoms with E-state index in [4.69, 9.17) is 4.99 Å². The molecule has 1 fully saturated rings. The van der Waals surface area contributed by atoms with Gasteiger partial charge < -0.3 is 15.5 Å². The number of aliphatic imine (C=N–C) groups is 1. The van der Waals surface area contributed by atoms with Crippen molar-refractivity contribution in [3.63, 3.8) is 0 Å². The molecule has 0 radical (unpaired) electrons. The van der Waals surface area contributed by atoms with Crippen molar-refractivity contribution in [3.8, 4) is 0 Å².